The summed E-state index contributed by atoms with van der Waals surface area (Å²) in [6.07, 6.45) is 1.76. The lowest BCUT2D eigenvalue weighted by Gasteiger charge is -2.06. The van der Waals surface area contributed by atoms with Crippen molar-refractivity contribution < 1.29 is 14.7 Å². The fourth-order valence-electron chi connectivity index (χ4n) is 0.989. The summed E-state index contributed by atoms with van der Waals surface area (Å²) >= 11 is 0. The third-order valence-electron chi connectivity index (χ3n) is 1.84. The third-order valence-corrected chi connectivity index (χ3v) is 1.84. The molecule has 0 aliphatic carbocycles. The van der Waals surface area contributed by atoms with E-state index in [4.69, 9.17) is 5.11 Å². The van der Waals surface area contributed by atoms with Gasteiger partial charge >= 0.3 is 5.97 Å². The molecule has 0 aliphatic heterocycles. The molecule has 4 nitrogen and oxygen atoms in total. The second-order valence-corrected chi connectivity index (χ2v) is 3.78. The van der Waals surface area contributed by atoms with Crippen LogP contribution in [0.2, 0.25) is 0 Å². The van der Waals surface area contributed by atoms with Crippen molar-refractivity contribution in [2.24, 2.45) is 5.92 Å². The van der Waals surface area contributed by atoms with E-state index >= 15 is 0 Å². The van der Waals surface area contributed by atoms with E-state index in [9.17, 15) is 9.59 Å². The highest BCUT2D eigenvalue weighted by atomic mass is 16.4. The Labute approximate surface area is 84.7 Å². The van der Waals surface area contributed by atoms with Crippen LogP contribution in [0.5, 0.6) is 0 Å². The molecule has 0 saturated heterocycles. The van der Waals surface area contributed by atoms with Crippen LogP contribution in [0.3, 0.4) is 0 Å². The van der Waals surface area contributed by atoms with E-state index in [0.29, 0.717) is 25.3 Å². The van der Waals surface area contributed by atoms with E-state index in [1.165, 1.54) is 0 Å². The molecule has 2 N–H and O–H groups in total. The first kappa shape index (κ1) is 12.9. The van der Waals surface area contributed by atoms with Gasteiger partial charge in [-0.2, -0.15) is 0 Å². The Balaban J connectivity index is 3.33. The van der Waals surface area contributed by atoms with E-state index in [-0.39, 0.29) is 12.3 Å². The molecule has 1 amide bonds. The van der Waals surface area contributed by atoms with Crippen LogP contribution in [-0.2, 0) is 9.59 Å². The average Bonchev–Trinajstić information content (AvgIpc) is 2.02. The number of rotatable bonds is 7. The highest BCUT2D eigenvalue weighted by molar-refractivity contribution is 5.76. The maximum atomic E-state index is 11.1. The Bertz CT molecular complexity index is 190. The lowest BCUT2D eigenvalue weighted by Crippen LogP contribution is -2.25. The van der Waals surface area contributed by atoms with Crippen molar-refractivity contribution in [3.8, 4) is 0 Å². The maximum absolute atomic E-state index is 11.1. The quantitative estimate of drug-likeness (QED) is 0.654. The maximum Gasteiger partial charge on any atom is 0.303 e. The number of aliphatic carboxylic acids is 1. The molecule has 0 atom stereocenters. The Morgan fingerprint density at radius 1 is 1.29 bits per heavy atom. The third kappa shape index (κ3) is 9.03. The van der Waals surface area contributed by atoms with E-state index in [1.807, 2.05) is 0 Å². The van der Waals surface area contributed by atoms with Gasteiger partial charge < -0.3 is 10.4 Å². The summed E-state index contributed by atoms with van der Waals surface area (Å²) in [6.45, 7) is 4.87. The number of carbonyl (C=O) groups is 2. The molecule has 0 bridgehead atoms. The summed E-state index contributed by atoms with van der Waals surface area (Å²) in [7, 11) is 0. The van der Waals surface area contributed by atoms with Gasteiger partial charge in [-0.1, -0.05) is 13.8 Å². The number of amides is 1. The zero-order chi connectivity index (χ0) is 11.0. The fraction of sp³-hybridized carbons (Fsp3) is 0.800. The minimum absolute atomic E-state index is 0.0492. The summed E-state index contributed by atoms with van der Waals surface area (Å²) < 4.78 is 0. The van der Waals surface area contributed by atoms with Crippen LogP contribution in [0, 0.1) is 5.92 Å². The molecule has 14 heavy (non-hydrogen) atoms. The Morgan fingerprint density at radius 2 is 1.93 bits per heavy atom. The molecule has 0 aromatic carbocycles. The monoisotopic (exact) mass is 201 g/mol. The van der Waals surface area contributed by atoms with E-state index in [1.54, 1.807) is 0 Å². The van der Waals surface area contributed by atoms with Crippen molar-refractivity contribution in [3.05, 3.63) is 0 Å². The number of carboxylic acids is 1. The molecule has 82 valence electrons. The molecule has 0 aromatic rings. The molecular weight excluding hydrogens is 182 g/mol. The van der Waals surface area contributed by atoms with E-state index in [2.05, 4.69) is 19.2 Å². The van der Waals surface area contributed by atoms with Crippen LogP contribution in [0.4, 0.5) is 0 Å². The predicted molar refractivity (Wildman–Crippen MR) is 54.0 cm³/mol. The fourth-order valence-corrected chi connectivity index (χ4v) is 0.989. The minimum Gasteiger partial charge on any atom is -0.481 e. The van der Waals surface area contributed by atoms with Gasteiger partial charge in [-0.3, -0.25) is 9.59 Å². The zero-order valence-corrected chi connectivity index (χ0v) is 8.88. The van der Waals surface area contributed by atoms with Crippen molar-refractivity contribution >= 4 is 11.9 Å². The number of carbonyl (C=O) groups excluding carboxylic acids is 1. The first-order chi connectivity index (χ1) is 6.52. The van der Waals surface area contributed by atoms with Gasteiger partial charge in [0, 0.05) is 19.4 Å². The molecule has 0 rings (SSSR count). The lowest BCUT2D eigenvalue weighted by atomic mass is 10.1. The van der Waals surface area contributed by atoms with Crippen molar-refractivity contribution in [1.29, 1.82) is 0 Å². The summed E-state index contributed by atoms with van der Waals surface area (Å²) in [4.78, 5) is 21.3. The summed E-state index contributed by atoms with van der Waals surface area (Å²) in [5, 5.41) is 11.1. The smallest absolute Gasteiger partial charge is 0.303 e. The van der Waals surface area contributed by atoms with Gasteiger partial charge in [0.15, 0.2) is 0 Å². The van der Waals surface area contributed by atoms with Crippen LogP contribution < -0.4 is 5.32 Å². The highest BCUT2D eigenvalue weighted by Gasteiger charge is 2.03. The first-order valence-corrected chi connectivity index (χ1v) is 5.01. The van der Waals surface area contributed by atoms with Crippen molar-refractivity contribution in [3.63, 3.8) is 0 Å². The normalized spacial score (nSPS) is 10.2. The molecule has 0 radical (unpaired) electrons. The second-order valence-electron chi connectivity index (χ2n) is 3.78. The lowest BCUT2D eigenvalue weighted by molar-refractivity contribution is -0.137. The van der Waals surface area contributed by atoms with Crippen LogP contribution in [0.1, 0.15) is 39.5 Å². The van der Waals surface area contributed by atoms with Crippen LogP contribution in [-0.4, -0.2) is 23.5 Å². The van der Waals surface area contributed by atoms with Gasteiger partial charge in [-0.05, 0) is 18.8 Å². The molecule has 4 heteroatoms. The number of hydrogen-bond acceptors (Lipinski definition) is 2. The average molecular weight is 201 g/mol. The number of carboxylic acid groups (broad SMARTS) is 1. The molecular formula is C10H19NO3. The van der Waals surface area contributed by atoms with Crippen molar-refractivity contribution in [1.82, 2.24) is 5.32 Å². The molecule has 0 heterocycles. The number of hydrogen-bond donors (Lipinski definition) is 2. The number of nitrogens with one attached hydrogen (secondary N) is 1. The Hall–Kier alpha value is -1.06. The van der Waals surface area contributed by atoms with Gasteiger partial charge in [-0.15, -0.1) is 0 Å². The molecule has 0 aromatic heterocycles. The van der Waals surface area contributed by atoms with Crippen LogP contribution >= 0.6 is 0 Å². The van der Waals surface area contributed by atoms with Crippen LogP contribution in [0.25, 0.3) is 0 Å². The summed E-state index contributed by atoms with van der Waals surface area (Å²) in [6, 6.07) is 0. The standard InChI is InChI=1S/C10H19NO3/c1-8(2)6-7-11-9(12)4-3-5-10(13)14/h8H,3-7H2,1-2H3,(H,11,12)(H,13,14). The summed E-state index contributed by atoms with van der Waals surface area (Å²) in [5.41, 5.74) is 0. The molecule has 0 spiro atoms. The van der Waals surface area contributed by atoms with E-state index in [0.717, 1.165) is 6.42 Å². The Kier molecular flexibility index (Phi) is 6.80. The zero-order valence-electron chi connectivity index (χ0n) is 8.88. The van der Waals surface area contributed by atoms with Gasteiger partial charge in [0.2, 0.25) is 5.91 Å². The minimum atomic E-state index is -0.847. The molecule has 0 aliphatic rings. The highest BCUT2D eigenvalue weighted by Crippen LogP contribution is 1.98. The summed E-state index contributed by atoms with van der Waals surface area (Å²) in [5.74, 6) is -0.318. The van der Waals surface area contributed by atoms with Gasteiger partial charge in [0.25, 0.3) is 0 Å². The van der Waals surface area contributed by atoms with Crippen molar-refractivity contribution in [2.75, 3.05) is 6.54 Å². The van der Waals surface area contributed by atoms with Crippen LogP contribution in [0.15, 0.2) is 0 Å². The second kappa shape index (κ2) is 7.35. The largest absolute Gasteiger partial charge is 0.481 e. The van der Waals surface area contributed by atoms with Gasteiger partial charge in [-0.25, -0.2) is 0 Å². The Morgan fingerprint density at radius 3 is 2.43 bits per heavy atom. The first-order valence-electron chi connectivity index (χ1n) is 5.01. The van der Waals surface area contributed by atoms with Crippen molar-refractivity contribution in [2.45, 2.75) is 39.5 Å². The molecule has 0 saturated carbocycles. The van der Waals surface area contributed by atoms with Gasteiger partial charge in [0.1, 0.15) is 0 Å². The van der Waals surface area contributed by atoms with Gasteiger partial charge in [0.05, 0.1) is 0 Å². The van der Waals surface area contributed by atoms with E-state index < -0.39 is 5.97 Å². The predicted octanol–water partition coefficient (Wildman–Crippen LogP) is 1.40. The topological polar surface area (TPSA) is 66.4 Å². The molecule has 0 fully saturated rings. The molecule has 0 unspecified atom stereocenters. The SMILES string of the molecule is CC(C)CCNC(=O)CCCC(=O)O.